The first-order chi connectivity index (χ1) is 12.7. The van der Waals surface area contributed by atoms with Gasteiger partial charge in [-0.2, -0.15) is 5.10 Å². The molecular formula is C21H26N4O. The van der Waals surface area contributed by atoms with Crippen LogP contribution in [0.15, 0.2) is 53.6 Å². The SMILES string of the molecule is Cc1ccc(NCC(=O)N/N=C\c2ccc(N3CCCCC3)cc2)cc1. The standard InChI is InChI=1S/C21H26N4O/c1-17-5-9-19(10-6-17)22-16-21(26)24-23-15-18-7-11-20(12-8-18)25-13-3-2-4-14-25/h5-12,15,22H,2-4,13-14,16H2,1H3,(H,24,26)/b23-15-. The molecule has 1 aliphatic rings. The van der Waals surface area contributed by atoms with Crippen molar-refractivity contribution in [2.45, 2.75) is 26.2 Å². The van der Waals surface area contributed by atoms with Crippen LogP contribution in [-0.2, 0) is 4.79 Å². The summed E-state index contributed by atoms with van der Waals surface area (Å²) in [6.07, 6.45) is 5.54. The van der Waals surface area contributed by atoms with Crippen LogP contribution < -0.4 is 15.6 Å². The summed E-state index contributed by atoms with van der Waals surface area (Å²) >= 11 is 0. The van der Waals surface area contributed by atoms with E-state index in [9.17, 15) is 4.79 Å². The Morgan fingerprint density at radius 3 is 2.42 bits per heavy atom. The van der Waals surface area contributed by atoms with Crippen molar-refractivity contribution in [1.82, 2.24) is 5.43 Å². The minimum atomic E-state index is -0.174. The van der Waals surface area contributed by atoms with Gasteiger partial charge in [0.15, 0.2) is 0 Å². The van der Waals surface area contributed by atoms with Gasteiger partial charge in [-0.25, -0.2) is 5.43 Å². The number of carbonyl (C=O) groups is 1. The Balaban J connectivity index is 1.44. The number of rotatable bonds is 6. The van der Waals surface area contributed by atoms with Crippen LogP contribution in [0.25, 0.3) is 0 Å². The first kappa shape index (κ1) is 18.0. The summed E-state index contributed by atoms with van der Waals surface area (Å²) in [5, 5.41) is 7.10. The molecule has 26 heavy (non-hydrogen) atoms. The summed E-state index contributed by atoms with van der Waals surface area (Å²) in [6.45, 7) is 4.49. The Kier molecular flexibility index (Phi) is 6.25. The summed E-state index contributed by atoms with van der Waals surface area (Å²) in [6, 6.07) is 16.2. The third kappa shape index (κ3) is 5.34. The van der Waals surface area contributed by atoms with Gasteiger partial charge in [-0.3, -0.25) is 4.79 Å². The molecule has 2 N–H and O–H groups in total. The molecule has 1 heterocycles. The fraction of sp³-hybridized carbons (Fsp3) is 0.333. The highest BCUT2D eigenvalue weighted by Crippen LogP contribution is 2.19. The molecule has 3 rings (SSSR count). The topological polar surface area (TPSA) is 56.7 Å². The molecule has 136 valence electrons. The Labute approximate surface area is 155 Å². The van der Waals surface area contributed by atoms with E-state index in [0.717, 1.165) is 24.3 Å². The molecule has 0 saturated carbocycles. The van der Waals surface area contributed by atoms with E-state index in [-0.39, 0.29) is 12.5 Å². The van der Waals surface area contributed by atoms with E-state index in [1.807, 2.05) is 43.3 Å². The number of aryl methyl sites for hydroxylation is 1. The van der Waals surface area contributed by atoms with Crippen LogP contribution in [0.2, 0.25) is 0 Å². The minimum Gasteiger partial charge on any atom is -0.376 e. The molecule has 0 atom stereocenters. The fourth-order valence-corrected chi connectivity index (χ4v) is 3.00. The van der Waals surface area contributed by atoms with Gasteiger partial charge in [0.05, 0.1) is 12.8 Å². The van der Waals surface area contributed by atoms with Gasteiger partial charge in [0, 0.05) is 24.5 Å². The number of hydrogen-bond acceptors (Lipinski definition) is 4. The summed E-state index contributed by atoms with van der Waals surface area (Å²) in [7, 11) is 0. The quantitative estimate of drug-likeness (QED) is 0.619. The number of benzene rings is 2. The molecule has 5 nitrogen and oxygen atoms in total. The molecule has 0 aliphatic carbocycles. The largest absolute Gasteiger partial charge is 0.376 e. The summed E-state index contributed by atoms with van der Waals surface area (Å²) in [4.78, 5) is 14.3. The zero-order chi connectivity index (χ0) is 18.2. The zero-order valence-corrected chi connectivity index (χ0v) is 15.2. The second kappa shape index (κ2) is 9.04. The van der Waals surface area contributed by atoms with Crippen LogP contribution in [0.3, 0.4) is 0 Å². The van der Waals surface area contributed by atoms with E-state index in [4.69, 9.17) is 0 Å². The van der Waals surface area contributed by atoms with E-state index in [0.29, 0.717) is 0 Å². The molecule has 0 spiro atoms. The van der Waals surface area contributed by atoms with Crippen LogP contribution in [0.5, 0.6) is 0 Å². The molecule has 1 aliphatic heterocycles. The van der Waals surface area contributed by atoms with Crippen LogP contribution in [0.1, 0.15) is 30.4 Å². The predicted octanol–water partition coefficient (Wildman–Crippen LogP) is 3.55. The second-order valence-corrected chi connectivity index (χ2v) is 6.65. The Hall–Kier alpha value is -2.82. The molecule has 0 radical (unpaired) electrons. The molecule has 5 heteroatoms. The van der Waals surface area contributed by atoms with Gasteiger partial charge in [0.25, 0.3) is 5.91 Å². The van der Waals surface area contributed by atoms with E-state index in [1.54, 1.807) is 6.21 Å². The van der Waals surface area contributed by atoms with Crippen molar-refractivity contribution in [3.63, 3.8) is 0 Å². The lowest BCUT2D eigenvalue weighted by Gasteiger charge is -2.28. The molecule has 1 saturated heterocycles. The van der Waals surface area contributed by atoms with E-state index >= 15 is 0 Å². The second-order valence-electron chi connectivity index (χ2n) is 6.65. The lowest BCUT2D eigenvalue weighted by Crippen LogP contribution is -2.29. The maximum absolute atomic E-state index is 11.8. The van der Waals surface area contributed by atoms with E-state index in [2.05, 4.69) is 32.9 Å². The first-order valence-electron chi connectivity index (χ1n) is 9.18. The van der Waals surface area contributed by atoms with Crippen molar-refractivity contribution in [2.24, 2.45) is 5.10 Å². The molecule has 1 amide bonds. The number of anilines is 2. The van der Waals surface area contributed by atoms with Gasteiger partial charge in [0.1, 0.15) is 0 Å². The Morgan fingerprint density at radius 1 is 1.04 bits per heavy atom. The smallest absolute Gasteiger partial charge is 0.259 e. The minimum absolute atomic E-state index is 0.174. The van der Waals surface area contributed by atoms with Crippen LogP contribution in [0.4, 0.5) is 11.4 Å². The van der Waals surface area contributed by atoms with Gasteiger partial charge in [-0.05, 0) is 56.0 Å². The Morgan fingerprint density at radius 2 is 1.73 bits per heavy atom. The van der Waals surface area contributed by atoms with Gasteiger partial charge >= 0.3 is 0 Å². The maximum Gasteiger partial charge on any atom is 0.259 e. The average molecular weight is 350 g/mol. The number of hydrogen-bond donors (Lipinski definition) is 2. The monoisotopic (exact) mass is 350 g/mol. The average Bonchev–Trinajstić information content (AvgIpc) is 2.69. The highest BCUT2D eigenvalue weighted by molar-refractivity contribution is 5.84. The van der Waals surface area contributed by atoms with Crippen molar-refractivity contribution in [2.75, 3.05) is 29.9 Å². The molecule has 2 aromatic rings. The Bertz CT molecular complexity index is 732. The van der Waals surface area contributed by atoms with Crippen LogP contribution in [-0.4, -0.2) is 31.8 Å². The van der Waals surface area contributed by atoms with Gasteiger partial charge in [-0.15, -0.1) is 0 Å². The van der Waals surface area contributed by atoms with Gasteiger partial charge in [0.2, 0.25) is 0 Å². The molecule has 0 bridgehead atoms. The first-order valence-corrected chi connectivity index (χ1v) is 9.18. The van der Waals surface area contributed by atoms with Crippen LogP contribution >= 0.6 is 0 Å². The van der Waals surface area contributed by atoms with Crippen molar-refractivity contribution in [3.8, 4) is 0 Å². The maximum atomic E-state index is 11.8. The summed E-state index contributed by atoms with van der Waals surface area (Å²) in [5.74, 6) is -0.174. The van der Waals surface area contributed by atoms with Gasteiger partial charge < -0.3 is 10.2 Å². The van der Waals surface area contributed by atoms with Crippen molar-refractivity contribution < 1.29 is 4.79 Å². The fourth-order valence-electron chi connectivity index (χ4n) is 3.00. The zero-order valence-electron chi connectivity index (χ0n) is 15.2. The van der Waals surface area contributed by atoms with Gasteiger partial charge in [-0.1, -0.05) is 29.8 Å². The predicted molar refractivity (Wildman–Crippen MR) is 108 cm³/mol. The molecule has 0 aromatic heterocycles. The lowest BCUT2D eigenvalue weighted by molar-refractivity contribution is -0.119. The van der Waals surface area contributed by atoms with Crippen molar-refractivity contribution >= 4 is 23.5 Å². The summed E-state index contributed by atoms with van der Waals surface area (Å²) in [5.41, 5.74) is 6.89. The number of nitrogens with zero attached hydrogens (tertiary/aromatic N) is 2. The van der Waals surface area contributed by atoms with Crippen molar-refractivity contribution in [3.05, 3.63) is 59.7 Å². The summed E-state index contributed by atoms with van der Waals surface area (Å²) < 4.78 is 0. The normalized spacial score (nSPS) is 14.4. The molecule has 1 fully saturated rings. The van der Waals surface area contributed by atoms with Crippen LogP contribution in [0, 0.1) is 6.92 Å². The number of amides is 1. The number of nitrogens with one attached hydrogen (secondary N) is 2. The highest BCUT2D eigenvalue weighted by atomic mass is 16.2. The number of hydrazone groups is 1. The molecule has 2 aromatic carbocycles. The number of carbonyl (C=O) groups excluding carboxylic acids is 1. The van der Waals surface area contributed by atoms with Crippen molar-refractivity contribution in [1.29, 1.82) is 0 Å². The number of piperidine rings is 1. The lowest BCUT2D eigenvalue weighted by atomic mass is 10.1. The highest BCUT2D eigenvalue weighted by Gasteiger charge is 2.10. The van der Waals surface area contributed by atoms with E-state index < -0.39 is 0 Å². The van der Waals surface area contributed by atoms with E-state index in [1.165, 1.54) is 30.5 Å². The third-order valence-corrected chi connectivity index (χ3v) is 4.52. The third-order valence-electron chi connectivity index (χ3n) is 4.52. The molecular weight excluding hydrogens is 324 g/mol. The molecule has 0 unspecified atom stereocenters.